The number of hydrogen-bond donors (Lipinski definition) is 2. The van der Waals surface area contributed by atoms with Crippen LogP contribution >= 0.6 is 0 Å². The average Bonchev–Trinajstić information content (AvgIpc) is 2.35. The number of nitrogen functional groups attached to an aromatic ring is 1. The van der Waals surface area contributed by atoms with Gasteiger partial charge in [-0.2, -0.15) is 4.98 Å². The number of ether oxygens (including phenoxy) is 1. The highest BCUT2D eigenvalue weighted by molar-refractivity contribution is 5.31. The van der Waals surface area contributed by atoms with Crippen molar-refractivity contribution in [2.24, 2.45) is 5.84 Å². The van der Waals surface area contributed by atoms with E-state index < -0.39 is 0 Å². The van der Waals surface area contributed by atoms with Crippen molar-refractivity contribution in [2.45, 2.75) is 13.8 Å². The van der Waals surface area contributed by atoms with Crippen molar-refractivity contribution >= 4 is 5.82 Å². The van der Waals surface area contributed by atoms with E-state index in [1.165, 1.54) is 6.20 Å². The molecule has 0 aliphatic rings. The number of nitrogens with one attached hydrogen (secondary N) is 1. The third-order valence-electron chi connectivity index (χ3n) is 2.31. The minimum atomic E-state index is 0.489. The molecule has 0 aromatic carbocycles. The topological polar surface area (TPSA) is 76.3 Å². The minimum absolute atomic E-state index is 0.489. The van der Waals surface area contributed by atoms with Gasteiger partial charge in [0.1, 0.15) is 6.61 Å². The molecule has 90 valence electrons. The van der Waals surface area contributed by atoms with Crippen molar-refractivity contribution in [1.29, 1.82) is 0 Å². The Morgan fingerprint density at radius 1 is 1.38 bits per heavy atom. The maximum absolute atomic E-state index is 5.47. The van der Waals surface area contributed by atoms with Crippen LogP contribution in [0.3, 0.4) is 0 Å². The van der Waals surface area contributed by atoms with Crippen LogP contribution in [0.4, 0.5) is 5.82 Å². The molecule has 0 aliphatic heterocycles. The van der Waals surface area contributed by atoms with Crippen molar-refractivity contribution in [3.63, 3.8) is 0 Å². The van der Waals surface area contributed by atoms with Gasteiger partial charge in [-0.3, -0.25) is 4.98 Å². The normalized spacial score (nSPS) is 10.5. The predicted molar refractivity (Wildman–Crippen MR) is 63.1 cm³/mol. The van der Waals surface area contributed by atoms with Gasteiger partial charge in [-0.15, -0.1) is 0 Å². The Hall–Kier alpha value is -1.40. The summed E-state index contributed by atoms with van der Waals surface area (Å²) in [6.07, 6.45) is 3.11. The third-order valence-corrected chi connectivity index (χ3v) is 2.31. The highest BCUT2D eigenvalue weighted by atomic mass is 16.5. The fourth-order valence-corrected chi connectivity index (χ4v) is 1.31. The Labute approximate surface area is 95.8 Å². The molecule has 0 spiro atoms. The lowest BCUT2D eigenvalue weighted by Crippen LogP contribution is -2.28. The van der Waals surface area contributed by atoms with Gasteiger partial charge in [0.15, 0.2) is 5.82 Å². The van der Waals surface area contributed by atoms with E-state index >= 15 is 0 Å². The summed E-state index contributed by atoms with van der Waals surface area (Å²) in [6, 6.07) is 0. The Balaban J connectivity index is 2.36. The molecule has 6 heteroatoms. The Morgan fingerprint density at radius 2 is 2.12 bits per heavy atom. The minimum Gasteiger partial charge on any atom is -0.475 e. The summed E-state index contributed by atoms with van der Waals surface area (Å²) < 4.78 is 5.47. The number of likely N-dealkylation sites (N-methyl/N-ethyl adjacent to an activating group) is 1. The Bertz CT molecular complexity index is 303. The first-order valence-corrected chi connectivity index (χ1v) is 5.44. The number of anilines is 1. The highest BCUT2D eigenvalue weighted by Gasteiger charge is 2.01. The molecule has 3 N–H and O–H groups in total. The third kappa shape index (κ3) is 4.00. The van der Waals surface area contributed by atoms with Crippen LogP contribution in [0.1, 0.15) is 13.8 Å². The van der Waals surface area contributed by atoms with E-state index in [1.54, 1.807) is 6.20 Å². The van der Waals surface area contributed by atoms with Gasteiger partial charge in [-0.25, -0.2) is 5.84 Å². The number of hydrogen-bond acceptors (Lipinski definition) is 6. The molecule has 0 bridgehead atoms. The first-order valence-electron chi connectivity index (χ1n) is 5.44. The first kappa shape index (κ1) is 12.7. The molecular weight excluding hydrogens is 206 g/mol. The summed E-state index contributed by atoms with van der Waals surface area (Å²) in [5.41, 5.74) is 2.42. The van der Waals surface area contributed by atoms with E-state index in [2.05, 4.69) is 34.1 Å². The van der Waals surface area contributed by atoms with Crippen LogP contribution in [0.15, 0.2) is 12.4 Å². The molecule has 1 aromatic rings. The standard InChI is InChI=1S/C10H19N5O/c1-3-15(4-2)5-6-16-10-8-12-7-9(13-10)14-11/h7-8H,3-6,11H2,1-2H3,(H,13,14). The molecule has 0 aliphatic carbocycles. The Kier molecular flexibility index (Phi) is 5.52. The summed E-state index contributed by atoms with van der Waals surface area (Å²) in [4.78, 5) is 10.3. The average molecular weight is 225 g/mol. The van der Waals surface area contributed by atoms with Crippen LogP contribution in [0.25, 0.3) is 0 Å². The van der Waals surface area contributed by atoms with E-state index in [1.807, 2.05) is 0 Å². The molecule has 0 saturated heterocycles. The molecule has 0 atom stereocenters. The van der Waals surface area contributed by atoms with E-state index in [0.717, 1.165) is 19.6 Å². The van der Waals surface area contributed by atoms with Crippen molar-refractivity contribution < 1.29 is 4.74 Å². The molecule has 6 nitrogen and oxygen atoms in total. The number of aromatic nitrogens is 2. The molecule has 0 unspecified atom stereocenters. The highest BCUT2D eigenvalue weighted by Crippen LogP contribution is 2.07. The molecule has 0 saturated carbocycles. The summed E-state index contributed by atoms with van der Waals surface area (Å²) >= 11 is 0. The maximum atomic E-state index is 5.47. The summed E-state index contributed by atoms with van der Waals surface area (Å²) in [7, 11) is 0. The van der Waals surface area contributed by atoms with Gasteiger partial charge in [0, 0.05) is 6.54 Å². The number of nitrogens with two attached hydrogens (primary N) is 1. The van der Waals surface area contributed by atoms with E-state index in [0.29, 0.717) is 18.3 Å². The van der Waals surface area contributed by atoms with Crippen LogP contribution < -0.4 is 16.0 Å². The second-order valence-corrected chi connectivity index (χ2v) is 3.26. The van der Waals surface area contributed by atoms with Gasteiger partial charge >= 0.3 is 0 Å². The van der Waals surface area contributed by atoms with E-state index in [9.17, 15) is 0 Å². The monoisotopic (exact) mass is 225 g/mol. The molecule has 0 fully saturated rings. The number of rotatable bonds is 7. The van der Waals surface area contributed by atoms with E-state index in [4.69, 9.17) is 10.6 Å². The van der Waals surface area contributed by atoms with E-state index in [-0.39, 0.29) is 0 Å². The smallest absolute Gasteiger partial charge is 0.234 e. The van der Waals surface area contributed by atoms with Gasteiger partial charge in [0.25, 0.3) is 0 Å². The zero-order chi connectivity index (χ0) is 11.8. The molecule has 0 radical (unpaired) electrons. The molecule has 16 heavy (non-hydrogen) atoms. The zero-order valence-corrected chi connectivity index (χ0v) is 9.81. The molecule has 1 aromatic heterocycles. The summed E-state index contributed by atoms with van der Waals surface area (Å²) in [5.74, 6) is 6.21. The van der Waals surface area contributed by atoms with Crippen LogP contribution in [-0.2, 0) is 0 Å². The zero-order valence-electron chi connectivity index (χ0n) is 9.81. The lowest BCUT2D eigenvalue weighted by Gasteiger charge is -2.17. The molecule has 1 heterocycles. The second-order valence-electron chi connectivity index (χ2n) is 3.26. The molecule has 1 rings (SSSR count). The number of hydrazine groups is 1. The van der Waals surface area contributed by atoms with Crippen molar-refractivity contribution in [1.82, 2.24) is 14.9 Å². The molecule has 0 amide bonds. The van der Waals surface area contributed by atoms with Gasteiger partial charge < -0.3 is 15.1 Å². The lowest BCUT2D eigenvalue weighted by molar-refractivity contribution is 0.217. The van der Waals surface area contributed by atoms with Gasteiger partial charge in [-0.1, -0.05) is 13.8 Å². The Morgan fingerprint density at radius 3 is 2.75 bits per heavy atom. The van der Waals surface area contributed by atoms with Gasteiger partial charge in [0.2, 0.25) is 5.88 Å². The van der Waals surface area contributed by atoms with Gasteiger partial charge in [0.05, 0.1) is 12.4 Å². The maximum Gasteiger partial charge on any atom is 0.234 e. The van der Waals surface area contributed by atoms with Crippen molar-refractivity contribution in [3.8, 4) is 5.88 Å². The SMILES string of the molecule is CCN(CC)CCOc1cncc(NN)n1. The van der Waals surface area contributed by atoms with Crippen molar-refractivity contribution in [2.75, 3.05) is 31.7 Å². The van der Waals surface area contributed by atoms with Crippen molar-refractivity contribution in [3.05, 3.63) is 12.4 Å². The quantitative estimate of drug-likeness (QED) is 0.519. The van der Waals surface area contributed by atoms with Crippen LogP contribution in [0.2, 0.25) is 0 Å². The van der Waals surface area contributed by atoms with Gasteiger partial charge in [-0.05, 0) is 13.1 Å². The van der Waals surface area contributed by atoms with Crippen LogP contribution in [0.5, 0.6) is 5.88 Å². The first-order chi connectivity index (χ1) is 7.80. The van der Waals surface area contributed by atoms with Crippen LogP contribution in [-0.4, -0.2) is 41.1 Å². The second kappa shape index (κ2) is 6.97. The fourth-order valence-electron chi connectivity index (χ4n) is 1.31. The summed E-state index contributed by atoms with van der Waals surface area (Å²) in [6.45, 7) is 7.79. The van der Waals surface area contributed by atoms with Crippen LogP contribution in [0, 0.1) is 0 Å². The fraction of sp³-hybridized carbons (Fsp3) is 0.600. The predicted octanol–water partition coefficient (Wildman–Crippen LogP) is 0.483. The molecular formula is C10H19N5O. The number of nitrogens with zero attached hydrogens (tertiary/aromatic N) is 3. The summed E-state index contributed by atoms with van der Waals surface area (Å²) in [5, 5.41) is 0. The largest absolute Gasteiger partial charge is 0.475 e. The lowest BCUT2D eigenvalue weighted by atomic mass is 10.5.